The molecular formula is C21H22BrClN2O6. The predicted octanol–water partition coefficient (Wildman–Crippen LogP) is 3.22. The summed E-state index contributed by atoms with van der Waals surface area (Å²) in [5, 5.41) is 15.4. The first kappa shape index (κ1) is 24.6. The minimum atomic E-state index is -1.82. The predicted molar refractivity (Wildman–Crippen MR) is 119 cm³/mol. The molecule has 3 rings (SSSR count). The molecule has 0 spiro atoms. The average Bonchev–Trinajstić information content (AvgIpc) is 2.74. The zero-order valence-corrected chi connectivity index (χ0v) is 19.1. The molecule has 1 saturated heterocycles. The monoisotopic (exact) mass is 512 g/mol. The Labute approximate surface area is 193 Å². The maximum Gasteiger partial charge on any atom is 0.414 e. The lowest BCUT2D eigenvalue weighted by Crippen LogP contribution is -2.48. The highest BCUT2D eigenvalue weighted by molar-refractivity contribution is 9.10. The minimum absolute atomic E-state index is 0.0503. The molecule has 0 unspecified atom stereocenters. The van der Waals surface area contributed by atoms with Gasteiger partial charge in [-0.2, -0.15) is 0 Å². The summed E-state index contributed by atoms with van der Waals surface area (Å²) in [7, 11) is 1.66. The van der Waals surface area contributed by atoms with Crippen molar-refractivity contribution in [3.05, 3.63) is 63.1 Å². The highest BCUT2D eigenvalue weighted by Gasteiger charge is 2.22. The Morgan fingerprint density at radius 2 is 1.68 bits per heavy atom. The fourth-order valence-corrected chi connectivity index (χ4v) is 3.76. The topological polar surface area (TPSA) is 107 Å². The van der Waals surface area contributed by atoms with E-state index in [0.29, 0.717) is 10.6 Å². The Morgan fingerprint density at radius 1 is 1.03 bits per heavy atom. The van der Waals surface area contributed by atoms with Gasteiger partial charge >= 0.3 is 11.9 Å². The lowest BCUT2D eigenvalue weighted by atomic mass is 10.1. The van der Waals surface area contributed by atoms with Gasteiger partial charge in [0, 0.05) is 43.3 Å². The van der Waals surface area contributed by atoms with Crippen molar-refractivity contribution in [3.8, 4) is 5.75 Å². The molecule has 1 heterocycles. The number of benzene rings is 2. The van der Waals surface area contributed by atoms with Gasteiger partial charge in [-0.1, -0.05) is 23.7 Å². The van der Waals surface area contributed by atoms with Crippen molar-refractivity contribution in [2.75, 3.05) is 33.3 Å². The van der Waals surface area contributed by atoms with E-state index in [1.807, 2.05) is 23.1 Å². The van der Waals surface area contributed by atoms with Gasteiger partial charge in [0.1, 0.15) is 5.75 Å². The van der Waals surface area contributed by atoms with E-state index in [9.17, 15) is 4.79 Å². The normalized spacial score (nSPS) is 13.7. The van der Waals surface area contributed by atoms with Crippen LogP contribution in [0.5, 0.6) is 5.75 Å². The summed E-state index contributed by atoms with van der Waals surface area (Å²) in [6.45, 7) is 4.03. The molecule has 2 aromatic carbocycles. The lowest BCUT2D eigenvalue weighted by Gasteiger charge is -2.34. The number of rotatable bonds is 4. The van der Waals surface area contributed by atoms with Gasteiger partial charge in [-0.15, -0.1) is 0 Å². The van der Waals surface area contributed by atoms with Crippen LogP contribution in [0.4, 0.5) is 0 Å². The van der Waals surface area contributed by atoms with Gasteiger partial charge in [0.05, 0.1) is 11.6 Å². The number of nitrogens with zero attached hydrogens (tertiary/aromatic N) is 2. The molecule has 31 heavy (non-hydrogen) atoms. The zero-order valence-electron chi connectivity index (χ0n) is 16.8. The van der Waals surface area contributed by atoms with E-state index in [-0.39, 0.29) is 5.91 Å². The SMILES string of the molecule is COc1ccc(CN2CCN(C(=O)c3cccc(Cl)c3)CC2)cc1Br.O=C(O)C(=O)O. The van der Waals surface area contributed by atoms with Gasteiger partial charge in [-0.05, 0) is 51.8 Å². The van der Waals surface area contributed by atoms with Crippen molar-refractivity contribution in [3.63, 3.8) is 0 Å². The van der Waals surface area contributed by atoms with Crippen LogP contribution in [0.25, 0.3) is 0 Å². The number of carbonyl (C=O) groups is 3. The van der Waals surface area contributed by atoms with Gasteiger partial charge < -0.3 is 19.8 Å². The Bertz CT molecular complexity index is 935. The van der Waals surface area contributed by atoms with E-state index >= 15 is 0 Å². The molecule has 1 amide bonds. The van der Waals surface area contributed by atoms with Crippen LogP contribution in [0.1, 0.15) is 15.9 Å². The number of carboxylic acids is 2. The van der Waals surface area contributed by atoms with Crippen LogP contribution in [0, 0.1) is 0 Å². The van der Waals surface area contributed by atoms with Crippen molar-refractivity contribution in [2.24, 2.45) is 0 Å². The summed E-state index contributed by atoms with van der Waals surface area (Å²) in [5.41, 5.74) is 1.88. The maximum absolute atomic E-state index is 12.6. The van der Waals surface area contributed by atoms with Gasteiger partial charge in [0.15, 0.2) is 0 Å². The number of hydrogen-bond acceptors (Lipinski definition) is 5. The Hall–Kier alpha value is -2.62. The molecule has 0 saturated carbocycles. The molecule has 1 aliphatic heterocycles. The van der Waals surface area contributed by atoms with Crippen molar-refractivity contribution in [2.45, 2.75) is 6.54 Å². The summed E-state index contributed by atoms with van der Waals surface area (Å²) in [6.07, 6.45) is 0. The third-order valence-corrected chi connectivity index (χ3v) is 5.39. The molecular weight excluding hydrogens is 492 g/mol. The molecule has 0 aliphatic carbocycles. The highest BCUT2D eigenvalue weighted by Crippen LogP contribution is 2.26. The standard InChI is InChI=1S/C19H20BrClN2O2.C2H2O4/c1-25-18-6-5-14(11-17(18)20)13-22-7-9-23(10-8-22)19(24)15-3-2-4-16(21)12-15;3-1(4)2(5)6/h2-6,11-12H,7-10,13H2,1H3;(H,3,4)(H,5,6). The molecule has 2 aromatic rings. The molecule has 8 nitrogen and oxygen atoms in total. The molecule has 1 aliphatic rings. The van der Waals surface area contributed by atoms with Crippen LogP contribution in [0.2, 0.25) is 5.02 Å². The summed E-state index contributed by atoms with van der Waals surface area (Å²) < 4.78 is 6.23. The second-order valence-corrected chi connectivity index (χ2v) is 7.95. The van der Waals surface area contributed by atoms with E-state index in [2.05, 4.69) is 33.0 Å². The Morgan fingerprint density at radius 3 is 2.19 bits per heavy atom. The highest BCUT2D eigenvalue weighted by atomic mass is 79.9. The number of hydrogen-bond donors (Lipinski definition) is 2. The third kappa shape index (κ3) is 7.54. The number of amides is 1. The van der Waals surface area contributed by atoms with E-state index in [1.54, 1.807) is 19.2 Å². The first-order valence-electron chi connectivity index (χ1n) is 9.27. The van der Waals surface area contributed by atoms with Crippen LogP contribution in [0.3, 0.4) is 0 Å². The summed E-state index contributed by atoms with van der Waals surface area (Å²) >= 11 is 9.51. The molecule has 1 fully saturated rings. The van der Waals surface area contributed by atoms with E-state index in [4.69, 9.17) is 36.1 Å². The van der Waals surface area contributed by atoms with Gasteiger partial charge in [0.2, 0.25) is 0 Å². The Balaban J connectivity index is 0.000000501. The molecule has 0 bridgehead atoms. The zero-order chi connectivity index (χ0) is 23.0. The average molecular weight is 514 g/mol. The van der Waals surface area contributed by atoms with Crippen LogP contribution in [-0.2, 0) is 16.1 Å². The number of aliphatic carboxylic acids is 2. The number of carbonyl (C=O) groups excluding carboxylic acids is 1. The van der Waals surface area contributed by atoms with Crippen molar-refractivity contribution in [1.29, 1.82) is 0 Å². The quantitative estimate of drug-likeness (QED) is 0.605. The maximum atomic E-state index is 12.6. The van der Waals surface area contributed by atoms with E-state index in [1.165, 1.54) is 5.56 Å². The van der Waals surface area contributed by atoms with Gasteiger partial charge in [0.25, 0.3) is 5.91 Å². The van der Waals surface area contributed by atoms with Crippen molar-refractivity contribution >= 4 is 45.4 Å². The number of carboxylic acid groups (broad SMARTS) is 2. The first-order chi connectivity index (χ1) is 14.7. The van der Waals surface area contributed by atoms with Crippen LogP contribution in [-0.4, -0.2) is 71.1 Å². The molecule has 10 heteroatoms. The fraction of sp³-hybridized carbons (Fsp3) is 0.286. The molecule has 166 valence electrons. The molecule has 0 atom stereocenters. The first-order valence-corrected chi connectivity index (χ1v) is 10.4. The number of ether oxygens (including phenoxy) is 1. The summed E-state index contributed by atoms with van der Waals surface area (Å²) in [5.74, 6) is -2.76. The second-order valence-electron chi connectivity index (χ2n) is 6.66. The number of piperazine rings is 1. The van der Waals surface area contributed by atoms with Crippen molar-refractivity contribution in [1.82, 2.24) is 9.80 Å². The third-order valence-electron chi connectivity index (χ3n) is 4.54. The van der Waals surface area contributed by atoms with Gasteiger partial charge in [-0.3, -0.25) is 9.69 Å². The van der Waals surface area contributed by atoms with Crippen LogP contribution < -0.4 is 4.74 Å². The minimum Gasteiger partial charge on any atom is -0.496 e. The fourth-order valence-electron chi connectivity index (χ4n) is 2.98. The van der Waals surface area contributed by atoms with E-state index in [0.717, 1.165) is 42.9 Å². The molecule has 2 N–H and O–H groups in total. The number of halogens is 2. The van der Waals surface area contributed by atoms with E-state index < -0.39 is 11.9 Å². The lowest BCUT2D eigenvalue weighted by molar-refractivity contribution is -0.159. The van der Waals surface area contributed by atoms with Crippen LogP contribution in [0.15, 0.2) is 46.9 Å². The largest absolute Gasteiger partial charge is 0.496 e. The Kier molecular flexibility index (Phi) is 9.29. The van der Waals surface area contributed by atoms with Crippen molar-refractivity contribution < 1.29 is 29.3 Å². The summed E-state index contributed by atoms with van der Waals surface area (Å²) in [6, 6.07) is 13.3. The number of methoxy groups -OCH3 is 1. The second kappa shape index (κ2) is 11.7. The van der Waals surface area contributed by atoms with Gasteiger partial charge in [-0.25, -0.2) is 9.59 Å². The molecule has 0 radical (unpaired) electrons. The van der Waals surface area contributed by atoms with Crippen LogP contribution >= 0.6 is 27.5 Å². The molecule has 0 aromatic heterocycles. The smallest absolute Gasteiger partial charge is 0.414 e. The summed E-state index contributed by atoms with van der Waals surface area (Å²) in [4.78, 5) is 35.0.